The lowest BCUT2D eigenvalue weighted by molar-refractivity contribution is -0.121. The fourth-order valence-electron chi connectivity index (χ4n) is 2.96. The summed E-state index contributed by atoms with van der Waals surface area (Å²) in [4.78, 5) is 22.0. The Morgan fingerprint density at radius 1 is 1.08 bits per heavy atom. The van der Waals surface area contributed by atoms with Crippen LogP contribution in [0.15, 0.2) is 48.5 Å². The predicted octanol–water partition coefficient (Wildman–Crippen LogP) is 3.26. The Morgan fingerprint density at radius 2 is 1.81 bits per heavy atom. The minimum atomic E-state index is 0.0819. The highest BCUT2D eigenvalue weighted by atomic mass is 16.1. The lowest BCUT2D eigenvalue weighted by atomic mass is 10.1. The monoisotopic (exact) mass is 350 g/mol. The number of nitrogens with one attached hydrogen (secondary N) is 2. The Morgan fingerprint density at radius 3 is 2.54 bits per heavy atom. The van der Waals surface area contributed by atoms with Gasteiger partial charge in [-0.1, -0.05) is 36.4 Å². The molecule has 0 aliphatic rings. The Hall–Kier alpha value is -2.66. The first-order valence-electron chi connectivity index (χ1n) is 9.03. The highest BCUT2D eigenvalue weighted by Gasteiger charge is 2.05. The van der Waals surface area contributed by atoms with Crippen LogP contribution in [-0.2, 0) is 24.3 Å². The molecular formula is C21H26N4O. The van der Waals surface area contributed by atoms with Crippen molar-refractivity contribution in [1.82, 2.24) is 20.2 Å². The van der Waals surface area contributed by atoms with Gasteiger partial charge in [0.1, 0.15) is 5.82 Å². The Kier molecular flexibility index (Phi) is 6.02. The van der Waals surface area contributed by atoms with E-state index >= 15 is 0 Å². The maximum Gasteiger partial charge on any atom is 0.220 e. The van der Waals surface area contributed by atoms with Crippen LogP contribution in [0.4, 0.5) is 0 Å². The third kappa shape index (κ3) is 5.17. The molecule has 0 bridgehead atoms. The van der Waals surface area contributed by atoms with E-state index in [0.717, 1.165) is 41.8 Å². The molecule has 3 rings (SSSR count). The van der Waals surface area contributed by atoms with Crippen molar-refractivity contribution in [1.29, 1.82) is 0 Å². The van der Waals surface area contributed by atoms with Crippen molar-refractivity contribution in [2.75, 3.05) is 14.1 Å². The molecule has 1 heterocycles. The number of imidazole rings is 1. The lowest BCUT2D eigenvalue weighted by Crippen LogP contribution is -2.22. The number of H-pyrrole nitrogens is 1. The maximum atomic E-state index is 12.0. The topological polar surface area (TPSA) is 61.0 Å². The van der Waals surface area contributed by atoms with Crippen molar-refractivity contribution in [2.45, 2.75) is 32.4 Å². The van der Waals surface area contributed by atoms with Crippen LogP contribution in [0.5, 0.6) is 0 Å². The van der Waals surface area contributed by atoms with Crippen molar-refractivity contribution in [3.63, 3.8) is 0 Å². The predicted molar refractivity (Wildman–Crippen MR) is 105 cm³/mol. The van der Waals surface area contributed by atoms with Gasteiger partial charge in [-0.3, -0.25) is 4.79 Å². The van der Waals surface area contributed by atoms with Gasteiger partial charge in [-0.2, -0.15) is 0 Å². The molecule has 5 heteroatoms. The van der Waals surface area contributed by atoms with E-state index in [2.05, 4.69) is 58.5 Å². The van der Waals surface area contributed by atoms with E-state index in [1.165, 1.54) is 5.56 Å². The van der Waals surface area contributed by atoms with Crippen LogP contribution in [0.3, 0.4) is 0 Å². The van der Waals surface area contributed by atoms with E-state index < -0.39 is 0 Å². The van der Waals surface area contributed by atoms with E-state index in [0.29, 0.717) is 13.0 Å². The zero-order valence-electron chi connectivity index (χ0n) is 15.5. The largest absolute Gasteiger partial charge is 0.352 e. The molecule has 0 aliphatic carbocycles. The fraction of sp³-hybridized carbons (Fsp3) is 0.333. The molecule has 1 amide bonds. The van der Waals surface area contributed by atoms with Crippen LogP contribution in [0, 0.1) is 0 Å². The second kappa shape index (κ2) is 8.63. The van der Waals surface area contributed by atoms with E-state index in [-0.39, 0.29) is 5.91 Å². The summed E-state index contributed by atoms with van der Waals surface area (Å²) < 4.78 is 0. The summed E-state index contributed by atoms with van der Waals surface area (Å²) in [6.45, 7) is 1.50. The second-order valence-corrected chi connectivity index (χ2v) is 6.89. The molecule has 0 atom stereocenters. The maximum absolute atomic E-state index is 12.0. The summed E-state index contributed by atoms with van der Waals surface area (Å²) in [5.74, 6) is 1.02. The number of benzene rings is 2. The zero-order valence-corrected chi connectivity index (χ0v) is 15.5. The number of aryl methyl sites for hydroxylation is 1. The van der Waals surface area contributed by atoms with Gasteiger partial charge in [0.2, 0.25) is 5.91 Å². The molecule has 0 spiro atoms. The molecular weight excluding hydrogens is 324 g/mol. The van der Waals surface area contributed by atoms with Crippen LogP contribution in [0.2, 0.25) is 0 Å². The number of hydrogen-bond acceptors (Lipinski definition) is 3. The summed E-state index contributed by atoms with van der Waals surface area (Å²) in [5.41, 5.74) is 4.42. The van der Waals surface area contributed by atoms with Gasteiger partial charge in [0.25, 0.3) is 0 Å². The minimum absolute atomic E-state index is 0.0819. The molecule has 0 radical (unpaired) electrons. The van der Waals surface area contributed by atoms with Crippen LogP contribution in [0.25, 0.3) is 11.0 Å². The molecule has 0 fully saturated rings. The van der Waals surface area contributed by atoms with Gasteiger partial charge in [0.15, 0.2) is 0 Å². The summed E-state index contributed by atoms with van der Waals surface area (Å²) in [6.07, 6.45) is 2.07. The van der Waals surface area contributed by atoms with Crippen molar-refractivity contribution < 1.29 is 4.79 Å². The van der Waals surface area contributed by atoms with Gasteiger partial charge in [-0.05, 0) is 43.8 Å². The number of hydrogen-bond donors (Lipinski definition) is 2. The van der Waals surface area contributed by atoms with Crippen molar-refractivity contribution in [3.8, 4) is 0 Å². The van der Waals surface area contributed by atoms with Crippen molar-refractivity contribution >= 4 is 16.9 Å². The number of aromatic amines is 1. The van der Waals surface area contributed by atoms with Gasteiger partial charge >= 0.3 is 0 Å². The molecule has 0 saturated carbocycles. The molecule has 2 N–H and O–H groups in total. The van der Waals surface area contributed by atoms with E-state index in [9.17, 15) is 4.79 Å². The summed E-state index contributed by atoms with van der Waals surface area (Å²) in [6, 6.07) is 16.4. The molecule has 1 aromatic heterocycles. The molecule has 136 valence electrons. The van der Waals surface area contributed by atoms with Crippen LogP contribution in [-0.4, -0.2) is 34.9 Å². The molecule has 3 aromatic rings. The lowest BCUT2D eigenvalue weighted by Gasteiger charge is -2.10. The van der Waals surface area contributed by atoms with Gasteiger partial charge in [-0.25, -0.2) is 4.98 Å². The van der Waals surface area contributed by atoms with Crippen LogP contribution in [0.1, 0.15) is 29.8 Å². The number of nitrogens with zero attached hydrogens (tertiary/aromatic N) is 2. The number of carbonyl (C=O) groups excluding carboxylic acids is 1. The van der Waals surface area contributed by atoms with E-state index in [4.69, 9.17) is 0 Å². The molecule has 2 aromatic carbocycles. The van der Waals surface area contributed by atoms with Gasteiger partial charge in [0.05, 0.1) is 11.0 Å². The Bertz CT molecular complexity index is 819. The standard InChI is InChI=1S/C21H26N4O/c1-25(2)15-17-12-10-16(11-13-17)14-22-21(26)9-5-8-20-23-18-6-3-4-7-19(18)24-20/h3-4,6-7,10-13H,5,8-9,14-15H2,1-2H3,(H,22,26)(H,23,24). The van der Waals surface area contributed by atoms with E-state index in [1.807, 2.05) is 24.3 Å². The number of para-hydroxylation sites is 2. The average molecular weight is 350 g/mol. The number of aromatic nitrogens is 2. The fourth-order valence-corrected chi connectivity index (χ4v) is 2.96. The minimum Gasteiger partial charge on any atom is -0.352 e. The molecule has 0 saturated heterocycles. The summed E-state index contributed by atoms with van der Waals surface area (Å²) in [7, 11) is 4.11. The molecule has 5 nitrogen and oxygen atoms in total. The number of amides is 1. The zero-order chi connectivity index (χ0) is 18.4. The van der Waals surface area contributed by atoms with Gasteiger partial charge in [0, 0.05) is 25.9 Å². The average Bonchev–Trinajstić information content (AvgIpc) is 3.03. The normalized spacial score (nSPS) is 11.2. The molecule has 0 aliphatic heterocycles. The summed E-state index contributed by atoms with van der Waals surface area (Å²) >= 11 is 0. The second-order valence-electron chi connectivity index (χ2n) is 6.89. The van der Waals surface area contributed by atoms with Crippen molar-refractivity contribution in [3.05, 3.63) is 65.5 Å². The smallest absolute Gasteiger partial charge is 0.220 e. The third-order valence-electron chi connectivity index (χ3n) is 4.27. The van der Waals surface area contributed by atoms with E-state index in [1.54, 1.807) is 0 Å². The first-order valence-corrected chi connectivity index (χ1v) is 9.03. The Balaban J connectivity index is 1.40. The molecule has 0 unspecified atom stereocenters. The quantitative estimate of drug-likeness (QED) is 0.655. The number of rotatable bonds is 8. The first-order chi connectivity index (χ1) is 12.6. The first kappa shape index (κ1) is 18.1. The van der Waals surface area contributed by atoms with Crippen LogP contribution >= 0.6 is 0 Å². The van der Waals surface area contributed by atoms with Crippen LogP contribution < -0.4 is 5.32 Å². The van der Waals surface area contributed by atoms with Crippen molar-refractivity contribution in [2.24, 2.45) is 0 Å². The summed E-state index contributed by atoms with van der Waals surface area (Å²) in [5, 5.41) is 2.99. The number of carbonyl (C=O) groups is 1. The van der Waals surface area contributed by atoms with Gasteiger partial charge < -0.3 is 15.2 Å². The highest BCUT2D eigenvalue weighted by molar-refractivity contribution is 5.76. The van der Waals surface area contributed by atoms with Gasteiger partial charge in [-0.15, -0.1) is 0 Å². The molecule has 26 heavy (non-hydrogen) atoms. The third-order valence-corrected chi connectivity index (χ3v) is 4.27. The highest BCUT2D eigenvalue weighted by Crippen LogP contribution is 2.12. The number of fused-ring (bicyclic) bond motifs is 1. The SMILES string of the molecule is CN(C)Cc1ccc(CNC(=O)CCCc2nc3ccccc3[nH]2)cc1. The Labute approximate surface area is 154 Å².